The second-order valence-electron chi connectivity index (χ2n) is 12.7. The van der Waals surface area contributed by atoms with Crippen LogP contribution in [0.4, 0.5) is 0 Å². The van der Waals surface area contributed by atoms with E-state index in [9.17, 15) is 53.4 Å². The zero-order valence-corrected chi connectivity index (χ0v) is 29.0. The number of nitrogens with two attached hydrogens (primary N) is 1. The summed E-state index contributed by atoms with van der Waals surface area (Å²) in [6, 6.07) is -8.49. The third-order valence-corrected chi connectivity index (χ3v) is 7.09. The highest BCUT2D eigenvalue weighted by Gasteiger charge is 2.33. The number of hydrogen-bond donors (Lipinski definition) is 11. The maximum Gasteiger partial charge on any atom is 0.326 e. The maximum atomic E-state index is 13.1. The molecule has 0 saturated carbocycles. The first kappa shape index (κ1) is 45.2. The summed E-state index contributed by atoms with van der Waals surface area (Å²) in [4.78, 5) is 110. The smallest absolute Gasteiger partial charge is 0.326 e. The minimum absolute atomic E-state index is 0.107. The number of carboxylic acids is 3. The van der Waals surface area contributed by atoms with Crippen molar-refractivity contribution >= 4 is 53.4 Å². The molecule has 0 aliphatic carbocycles. The molecule has 0 aliphatic rings. The molecule has 0 bridgehead atoms. The summed E-state index contributed by atoms with van der Waals surface area (Å²) >= 11 is 0. The number of amides is 6. The van der Waals surface area contributed by atoms with E-state index >= 15 is 0 Å². The molecule has 0 aromatic carbocycles. The largest absolute Gasteiger partial charge is 0.481 e. The van der Waals surface area contributed by atoms with Gasteiger partial charge in [0.15, 0.2) is 0 Å². The van der Waals surface area contributed by atoms with E-state index in [4.69, 9.17) is 15.9 Å². The van der Waals surface area contributed by atoms with Gasteiger partial charge in [-0.2, -0.15) is 0 Å². The second-order valence-corrected chi connectivity index (χ2v) is 12.7. The van der Waals surface area contributed by atoms with Gasteiger partial charge >= 0.3 is 17.9 Å². The van der Waals surface area contributed by atoms with Gasteiger partial charge in [0.2, 0.25) is 35.4 Å². The molecule has 0 fully saturated rings. The van der Waals surface area contributed by atoms with Gasteiger partial charge in [0.1, 0.15) is 30.2 Å². The summed E-state index contributed by atoms with van der Waals surface area (Å²) in [5, 5.41) is 51.0. The Kier molecular flexibility index (Phi) is 19.9. The fourth-order valence-corrected chi connectivity index (χ4v) is 4.34. The first-order chi connectivity index (χ1) is 23.1. The molecule has 0 unspecified atom stereocenters. The molecule has 284 valence electrons. The highest BCUT2D eigenvalue weighted by Crippen LogP contribution is 2.08. The molecular weight excluding hydrogens is 666 g/mol. The molecule has 20 nitrogen and oxygen atoms in total. The fraction of sp³-hybridized carbons (Fsp3) is 0.700. The van der Waals surface area contributed by atoms with Crippen LogP contribution in [0.1, 0.15) is 67.2 Å². The van der Waals surface area contributed by atoms with E-state index in [0.717, 1.165) is 0 Å². The minimum atomic E-state index is -1.69. The van der Waals surface area contributed by atoms with Crippen molar-refractivity contribution in [1.82, 2.24) is 31.9 Å². The van der Waals surface area contributed by atoms with E-state index < -0.39 is 134 Å². The minimum Gasteiger partial charge on any atom is -0.481 e. The van der Waals surface area contributed by atoms with Crippen LogP contribution in [0.2, 0.25) is 0 Å². The SMILES string of the molecule is CC(C)C[C@H](NC(=O)[C@@H](N)CC(=O)O)C(=O)NCC(=O)N[C@H](C(=O)N[C@@H](CO)C(=O)N[C@@H](CCC(=O)O)C(=O)N[C@H](C(=O)O)C(C)C)C(C)C. The van der Waals surface area contributed by atoms with Gasteiger partial charge in [-0.05, 0) is 30.6 Å². The number of aliphatic hydroxyl groups excluding tert-OH is 1. The normalized spacial score (nSPS) is 14.7. The van der Waals surface area contributed by atoms with Crippen molar-refractivity contribution < 1.29 is 63.6 Å². The van der Waals surface area contributed by atoms with Gasteiger partial charge < -0.3 is 58.1 Å². The van der Waals surface area contributed by atoms with Gasteiger partial charge in [-0.1, -0.05) is 41.5 Å². The van der Waals surface area contributed by atoms with Crippen molar-refractivity contribution in [2.24, 2.45) is 23.5 Å². The van der Waals surface area contributed by atoms with E-state index in [2.05, 4.69) is 31.9 Å². The molecule has 0 aromatic heterocycles. The van der Waals surface area contributed by atoms with Crippen molar-refractivity contribution in [2.75, 3.05) is 13.2 Å². The fourth-order valence-electron chi connectivity index (χ4n) is 4.34. The summed E-state index contributed by atoms with van der Waals surface area (Å²) in [6.45, 7) is 8.01. The lowest BCUT2D eigenvalue weighted by atomic mass is 10.0. The maximum absolute atomic E-state index is 13.1. The van der Waals surface area contributed by atoms with Crippen LogP contribution in [0, 0.1) is 17.8 Å². The standard InChI is InChI=1S/C30H51N7O13/c1-13(2)9-18(34-25(44)16(31)10-22(42)43)26(45)32-11-20(39)36-23(14(3)4)29(48)35-19(12-38)28(47)33-17(7-8-21(40)41)27(46)37-24(15(5)6)30(49)50/h13-19,23-24,38H,7-12,31H2,1-6H3,(H,32,45)(H,33,47)(H,34,44)(H,35,48)(H,36,39)(H,37,46)(H,40,41)(H,42,43)(H,49,50)/t16-,17-,18-,19-,23-,24-/m0/s1. The zero-order chi connectivity index (χ0) is 38.9. The van der Waals surface area contributed by atoms with Crippen molar-refractivity contribution in [3.63, 3.8) is 0 Å². The molecule has 50 heavy (non-hydrogen) atoms. The average Bonchev–Trinajstić information content (AvgIpc) is 2.99. The first-order valence-electron chi connectivity index (χ1n) is 15.9. The van der Waals surface area contributed by atoms with Crippen LogP contribution in [0.3, 0.4) is 0 Å². The topological polar surface area (TPSA) is 333 Å². The molecule has 20 heteroatoms. The molecule has 0 spiro atoms. The van der Waals surface area contributed by atoms with E-state index in [-0.39, 0.29) is 12.3 Å². The Hall–Kier alpha value is -4.85. The van der Waals surface area contributed by atoms with Gasteiger partial charge in [-0.25, -0.2) is 4.79 Å². The van der Waals surface area contributed by atoms with Gasteiger partial charge in [0, 0.05) is 6.42 Å². The average molecular weight is 718 g/mol. The number of carbonyl (C=O) groups is 9. The lowest BCUT2D eigenvalue weighted by Crippen LogP contribution is -2.60. The second kappa shape index (κ2) is 22.0. The molecular formula is C30H51N7O13. The molecule has 0 saturated heterocycles. The van der Waals surface area contributed by atoms with Gasteiger partial charge in [0.25, 0.3) is 0 Å². The van der Waals surface area contributed by atoms with Crippen molar-refractivity contribution in [2.45, 2.75) is 103 Å². The van der Waals surface area contributed by atoms with Crippen LogP contribution in [0.15, 0.2) is 0 Å². The van der Waals surface area contributed by atoms with E-state index in [1.54, 1.807) is 27.7 Å². The summed E-state index contributed by atoms with van der Waals surface area (Å²) in [5.74, 6) is -10.8. The molecule has 0 rings (SSSR count). The van der Waals surface area contributed by atoms with Crippen LogP contribution in [0.25, 0.3) is 0 Å². The highest BCUT2D eigenvalue weighted by molar-refractivity contribution is 5.96. The Bertz CT molecular complexity index is 1240. The molecule has 0 radical (unpaired) electrons. The van der Waals surface area contributed by atoms with E-state index in [0.29, 0.717) is 0 Å². The van der Waals surface area contributed by atoms with Crippen LogP contribution in [0.5, 0.6) is 0 Å². The Morgan fingerprint density at radius 1 is 0.600 bits per heavy atom. The number of carboxylic acid groups (broad SMARTS) is 3. The van der Waals surface area contributed by atoms with E-state index in [1.165, 1.54) is 13.8 Å². The Labute approximate surface area is 289 Å². The van der Waals surface area contributed by atoms with Crippen LogP contribution < -0.4 is 37.6 Å². The molecule has 0 aliphatic heterocycles. The molecule has 0 aromatic rings. The number of rotatable bonds is 23. The number of nitrogens with one attached hydrogen (secondary N) is 6. The zero-order valence-electron chi connectivity index (χ0n) is 29.0. The molecule has 12 N–H and O–H groups in total. The summed E-state index contributed by atoms with van der Waals surface area (Å²) in [7, 11) is 0. The van der Waals surface area contributed by atoms with Crippen LogP contribution in [-0.2, 0) is 43.2 Å². The number of carbonyl (C=O) groups excluding carboxylic acids is 6. The third-order valence-electron chi connectivity index (χ3n) is 7.09. The van der Waals surface area contributed by atoms with Crippen molar-refractivity contribution in [1.29, 1.82) is 0 Å². The van der Waals surface area contributed by atoms with Crippen molar-refractivity contribution in [3.8, 4) is 0 Å². The number of hydrogen-bond acceptors (Lipinski definition) is 11. The van der Waals surface area contributed by atoms with Crippen LogP contribution >= 0.6 is 0 Å². The predicted molar refractivity (Wildman–Crippen MR) is 174 cm³/mol. The quantitative estimate of drug-likeness (QED) is 0.0492. The summed E-state index contributed by atoms with van der Waals surface area (Å²) in [6.07, 6.45) is -1.59. The highest BCUT2D eigenvalue weighted by atomic mass is 16.4. The Balaban J connectivity index is 5.61. The summed E-state index contributed by atoms with van der Waals surface area (Å²) < 4.78 is 0. The molecule has 6 amide bonds. The van der Waals surface area contributed by atoms with Crippen molar-refractivity contribution in [3.05, 3.63) is 0 Å². The molecule has 0 heterocycles. The lowest BCUT2D eigenvalue weighted by Gasteiger charge is -2.27. The van der Waals surface area contributed by atoms with Gasteiger partial charge in [-0.15, -0.1) is 0 Å². The number of aliphatic hydroxyl groups is 1. The Morgan fingerprint density at radius 2 is 1.12 bits per heavy atom. The summed E-state index contributed by atoms with van der Waals surface area (Å²) in [5.41, 5.74) is 5.57. The first-order valence-corrected chi connectivity index (χ1v) is 15.9. The lowest BCUT2D eigenvalue weighted by molar-refractivity contribution is -0.144. The molecule has 6 atom stereocenters. The third kappa shape index (κ3) is 17.0. The van der Waals surface area contributed by atoms with Gasteiger partial charge in [0.05, 0.1) is 25.6 Å². The van der Waals surface area contributed by atoms with Crippen LogP contribution in [-0.4, -0.2) is 123 Å². The van der Waals surface area contributed by atoms with E-state index in [1.807, 2.05) is 0 Å². The van der Waals surface area contributed by atoms with Gasteiger partial charge in [-0.3, -0.25) is 38.4 Å². The number of aliphatic carboxylic acids is 3. The monoisotopic (exact) mass is 717 g/mol. The predicted octanol–water partition coefficient (Wildman–Crippen LogP) is -3.37. The Morgan fingerprint density at radius 3 is 1.58 bits per heavy atom.